The van der Waals surface area contributed by atoms with Gasteiger partial charge in [0.05, 0.1) is 22.8 Å². The second-order valence-corrected chi connectivity index (χ2v) is 9.98. The molecule has 1 fully saturated rings. The molecule has 1 saturated heterocycles. The molecule has 2 amide bonds. The molecule has 0 bridgehead atoms. The molecule has 2 N–H and O–H groups in total. The van der Waals surface area contributed by atoms with E-state index in [4.69, 9.17) is 16.3 Å². The summed E-state index contributed by atoms with van der Waals surface area (Å²) in [5.74, 6) is -0.709. The van der Waals surface area contributed by atoms with Gasteiger partial charge >= 0.3 is 5.97 Å². The summed E-state index contributed by atoms with van der Waals surface area (Å²) in [6.45, 7) is 0. The standard InChI is InChI=1S/C23H22ClN3O4S/c1-27(23(30)17-6-7-20(29)31-17)21-15-5-3-2-4-12(15)9-16(21)26-19(28)11-14-8-13-10-18(24)32-22(13)25-14/h2-5,8,10,16-17,21,25H,6-7,9,11H2,1H3,(H,26,28)/t16-,17+,21-/m1/s1. The number of fused-ring (bicyclic) bond motifs is 2. The van der Waals surface area contributed by atoms with Crippen LogP contribution in [0.2, 0.25) is 4.34 Å². The molecule has 3 heterocycles. The molecule has 166 valence electrons. The number of ether oxygens (including phenoxy) is 1. The van der Waals surface area contributed by atoms with Crippen LogP contribution in [0.1, 0.15) is 35.7 Å². The Morgan fingerprint density at radius 2 is 2.12 bits per heavy atom. The number of benzene rings is 1. The predicted octanol–water partition coefficient (Wildman–Crippen LogP) is 3.37. The van der Waals surface area contributed by atoms with E-state index in [1.807, 2.05) is 36.4 Å². The van der Waals surface area contributed by atoms with Gasteiger partial charge in [0.2, 0.25) is 5.91 Å². The predicted molar refractivity (Wildman–Crippen MR) is 122 cm³/mol. The number of hydrogen-bond donors (Lipinski definition) is 2. The highest BCUT2D eigenvalue weighted by molar-refractivity contribution is 7.22. The third-order valence-corrected chi connectivity index (χ3v) is 7.35. The van der Waals surface area contributed by atoms with Gasteiger partial charge in [-0.1, -0.05) is 35.9 Å². The number of aromatic amines is 1. The van der Waals surface area contributed by atoms with Crippen molar-refractivity contribution in [3.63, 3.8) is 0 Å². The van der Waals surface area contributed by atoms with Crippen molar-refractivity contribution in [2.75, 3.05) is 7.05 Å². The van der Waals surface area contributed by atoms with Crippen LogP contribution in [0.3, 0.4) is 0 Å². The third kappa shape index (κ3) is 3.89. The van der Waals surface area contributed by atoms with Crippen molar-refractivity contribution < 1.29 is 19.1 Å². The molecule has 7 nitrogen and oxygen atoms in total. The number of H-pyrrole nitrogens is 1. The average Bonchev–Trinajstić information content (AvgIpc) is 3.49. The minimum absolute atomic E-state index is 0.124. The van der Waals surface area contributed by atoms with Gasteiger partial charge in [0.25, 0.3) is 5.91 Å². The molecule has 0 spiro atoms. The zero-order valence-corrected chi connectivity index (χ0v) is 19.0. The van der Waals surface area contributed by atoms with E-state index in [0.29, 0.717) is 17.2 Å². The molecule has 1 aromatic carbocycles. The Morgan fingerprint density at radius 3 is 2.88 bits per heavy atom. The molecule has 0 saturated carbocycles. The van der Waals surface area contributed by atoms with E-state index >= 15 is 0 Å². The molecule has 1 aliphatic heterocycles. The molecule has 1 aliphatic carbocycles. The maximum absolute atomic E-state index is 13.0. The number of aromatic nitrogens is 1. The lowest BCUT2D eigenvalue weighted by atomic mass is 10.0. The molecule has 5 rings (SSSR count). The Kier molecular flexibility index (Phi) is 5.43. The number of cyclic esters (lactones) is 1. The molecular weight excluding hydrogens is 450 g/mol. The molecule has 3 atom stereocenters. The van der Waals surface area contributed by atoms with Crippen molar-refractivity contribution in [1.29, 1.82) is 0 Å². The maximum Gasteiger partial charge on any atom is 0.306 e. The number of halogens is 1. The summed E-state index contributed by atoms with van der Waals surface area (Å²) in [7, 11) is 1.71. The van der Waals surface area contributed by atoms with E-state index in [0.717, 1.165) is 27.0 Å². The quantitative estimate of drug-likeness (QED) is 0.558. The summed E-state index contributed by atoms with van der Waals surface area (Å²) >= 11 is 7.47. The van der Waals surface area contributed by atoms with E-state index in [1.54, 1.807) is 11.9 Å². The third-order valence-electron chi connectivity index (χ3n) is 6.15. The van der Waals surface area contributed by atoms with Gasteiger partial charge in [0, 0.05) is 31.0 Å². The largest absolute Gasteiger partial charge is 0.452 e. The number of carbonyl (C=O) groups excluding carboxylic acids is 3. The van der Waals surface area contributed by atoms with Crippen LogP contribution in [0.5, 0.6) is 0 Å². The molecule has 3 aromatic rings. The minimum Gasteiger partial charge on any atom is -0.452 e. The number of thiophene rings is 1. The lowest BCUT2D eigenvalue weighted by Crippen LogP contribution is -2.48. The van der Waals surface area contributed by atoms with Crippen LogP contribution < -0.4 is 5.32 Å². The van der Waals surface area contributed by atoms with Crippen molar-refractivity contribution in [3.8, 4) is 0 Å². The number of likely N-dealkylation sites (N-methyl/N-ethyl adjacent to an activating group) is 1. The first-order chi connectivity index (χ1) is 15.4. The monoisotopic (exact) mass is 471 g/mol. The molecule has 2 aromatic heterocycles. The van der Waals surface area contributed by atoms with E-state index in [2.05, 4.69) is 10.3 Å². The van der Waals surface area contributed by atoms with Crippen molar-refractivity contribution in [1.82, 2.24) is 15.2 Å². The molecular formula is C23H22ClN3O4S. The van der Waals surface area contributed by atoms with Crippen molar-refractivity contribution in [2.45, 2.75) is 43.9 Å². The summed E-state index contributed by atoms with van der Waals surface area (Å²) < 4.78 is 5.89. The van der Waals surface area contributed by atoms with E-state index in [1.165, 1.54) is 11.3 Å². The van der Waals surface area contributed by atoms with Gasteiger partial charge in [-0.3, -0.25) is 14.4 Å². The van der Waals surface area contributed by atoms with Crippen molar-refractivity contribution >= 4 is 50.9 Å². The van der Waals surface area contributed by atoms with E-state index < -0.39 is 6.10 Å². The van der Waals surface area contributed by atoms with E-state index in [-0.39, 0.29) is 42.7 Å². The highest BCUT2D eigenvalue weighted by atomic mass is 35.5. The highest BCUT2D eigenvalue weighted by Crippen LogP contribution is 2.36. The Hall–Kier alpha value is -2.84. The Morgan fingerprint density at radius 1 is 1.31 bits per heavy atom. The van der Waals surface area contributed by atoms with E-state index in [9.17, 15) is 14.4 Å². The summed E-state index contributed by atoms with van der Waals surface area (Å²) in [4.78, 5) is 43.2. The Labute approximate surface area is 193 Å². The molecule has 0 radical (unpaired) electrons. The molecule has 32 heavy (non-hydrogen) atoms. The molecule has 2 aliphatic rings. The van der Waals surface area contributed by atoms with Crippen LogP contribution in [-0.4, -0.2) is 46.9 Å². The Balaban J connectivity index is 1.33. The van der Waals surface area contributed by atoms with Crippen LogP contribution in [0.4, 0.5) is 0 Å². The number of carbonyl (C=O) groups is 3. The van der Waals surface area contributed by atoms with Gasteiger partial charge in [-0.05, 0) is 29.7 Å². The number of nitrogens with one attached hydrogen (secondary N) is 2. The van der Waals surface area contributed by atoms with Gasteiger partial charge in [-0.25, -0.2) is 0 Å². The Bertz CT molecular complexity index is 1190. The lowest BCUT2D eigenvalue weighted by molar-refractivity contribution is -0.153. The van der Waals surface area contributed by atoms with Gasteiger partial charge in [0.1, 0.15) is 4.83 Å². The zero-order chi connectivity index (χ0) is 22.4. The summed E-state index contributed by atoms with van der Waals surface area (Å²) in [5.41, 5.74) is 2.92. The normalized spacial score (nSPS) is 22.1. The molecule has 9 heteroatoms. The van der Waals surface area contributed by atoms with Crippen molar-refractivity contribution in [2.24, 2.45) is 0 Å². The number of hydrogen-bond acceptors (Lipinski definition) is 5. The fourth-order valence-corrected chi connectivity index (χ4v) is 5.87. The van der Waals surface area contributed by atoms with Gasteiger partial charge < -0.3 is 19.9 Å². The first-order valence-electron chi connectivity index (χ1n) is 10.5. The summed E-state index contributed by atoms with van der Waals surface area (Å²) in [6, 6.07) is 11.1. The van der Waals surface area contributed by atoms with Crippen LogP contribution in [0.25, 0.3) is 10.2 Å². The lowest BCUT2D eigenvalue weighted by Gasteiger charge is -2.32. The fraction of sp³-hybridized carbons (Fsp3) is 0.348. The highest BCUT2D eigenvalue weighted by Gasteiger charge is 2.41. The maximum atomic E-state index is 13.0. The smallest absolute Gasteiger partial charge is 0.306 e. The van der Waals surface area contributed by atoms with Crippen LogP contribution >= 0.6 is 22.9 Å². The second kappa shape index (κ2) is 8.26. The zero-order valence-electron chi connectivity index (χ0n) is 17.4. The number of nitrogens with zero attached hydrogens (tertiary/aromatic N) is 1. The first-order valence-corrected chi connectivity index (χ1v) is 11.7. The minimum atomic E-state index is -0.754. The van der Waals surface area contributed by atoms with Gasteiger partial charge in [-0.2, -0.15) is 0 Å². The first kappa shape index (κ1) is 21.0. The summed E-state index contributed by atoms with van der Waals surface area (Å²) in [5, 5.41) is 4.12. The van der Waals surface area contributed by atoms with Gasteiger partial charge in [0.15, 0.2) is 6.10 Å². The van der Waals surface area contributed by atoms with Crippen LogP contribution in [0.15, 0.2) is 36.4 Å². The number of rotatable bonds is 5. The number of esters is 1. The molecule has 0 unspecified atom stereocenters. The number of amides is 2. The van der Waals surface area contributed by atoms with Gasteiger partial charge in [-0.15, -0.1) is 11.3 Å². The average molecular weight is 472 g/mol. The topological polar surface area (TPSA) is 91.5 Å². The fourth-order valence-electron chi connectivity index (χ4n) is 4.72. The van der Waals surface area contributed by atoms with Crippen LogP contribution in [-0.2, 0) is 32.0 Å². The van der Waals surface area contributed by atoms with Crippen molar-refractivity contribution in [3.05, 3.63) is 57.6 Å². The van der Waals surface area contributed by atoms with Crippen LogP contribution in [0, 0.1) is 0 Å². The second-order valence-electron chi connectivity index (χ2n) is 8.29. The summed E-state index contributed by atoms with van der Waals surface area (Å²) in [6.07, 6.45) is 0.724. The SMILES string of the molecule is CN(C(=O)[C@@H]1CCC(=O)O1)[C@@H]1c2ccccc2C[C@H]1NC(=O)Cc1cc2cc(Cl)sc2[nH]1.